The van der Waals surface area contributed by atoms with Crippen LogP contribution in [0.15, 0.2) is 12.5 Å². The van der Waals surface area contributed by atoms with Gasteiger partial charge in [0.1, 0.15) is 11.8 Å². The van der Waals surface area contributed by atoms with Gasteiger partial charge in [-0.15, -0.1) is 0 Å². The maximum absolute atomic E-state index is 4.26. The van der Waals surface area contributed by atoms with E-state index in [1.165, 1.54) is 11.5 Å². The second-order valence-electron chi connectivity index (χ2n) is 2.64. The van der Waals surface area contributed by atoms with E-state index in [0.29, 0.717) is 0 Å². The fourth-order valence-corrected chi connectivity index (χ4v) is 1.75. The van der Waals surface area contributed by atoms with Crippen molar-refractivity contribution in [2.24, 2.45) is 0 Å². The Morgan fingerprint density at radius 3 is 3.00 bits per heavy atom. The molecular weight excluding hydrogens is 172 g/mol. The Labute approximate surface area is 74.0 Å². The highest BCUT2D eigenvalue weighted by Gasteiger charge is 2.07. The molecule has 12 heavy (non-hydrogen) atoms. The van der Waals surface area contributed by atoms with Crippen molar-refractivity contribution in [1.82, 2.24) is 14.3 Å². The highest BCUT2D eigenvalue weighted by Crippen LogP contribution is 2.24. The minimum Gasteiger partial charge on any atom is -0.360 e. The molecule has 0 unspecified atom stereocenters. The zero-order valence-electron chi connectivity index (χ0n) is 6.85. The van der Waals surface area contributed by atoms with Gasteiger partial charge in [0, 0.05) is 20.3 Å². The fourth-order valence-electron chi connectivity index (χ4n) is 0.981. The maximum Gasteiger partial charge on any atom is 0.168 e. The topological polar surface area (TPSA) is 41.9 Å². The second-order valence-corrected chi connectivity index (χ2v) is 3.44. The van der Waals surface area contributed by atoms with Gasteiger partial charge in [0.2, 0.25) is 0 Å². The van der Waals surface area contributed by atoms with Gasteiger partial charge < -0.3 is 4.90 Å². The van der Waals surface area contributed by atoms with E-state index < -0.39 is 0 Å². The van der Waals surface area contributed by atoms with Gasteiger partial charge in [-0.05, 0) is 11.5 Å². The van der Waals surface area contributed by atoms with Gasteiger partial charge in [0.25, 0.3) is 0 Å². The summed E-state index contributed by atoms with van der Waals surface area (Å²) in [7, 11) is 3.91. The molecule has 2 rings (SSSR count). The van der Waals surface area contributed by atoms with Crippen LogP contribution in [0.1, 0.15) is 0 Å². The Morgan fingerprint density at radius 1 is 1.42 bits per heavy atom. The molecule has 0 aliphatic rings. The SMILES string of the molecule is CN(C)c1nsc2cncnc12. The smallest absolute Gasteiger partial charge is 0.168 e. The number of rotatable bonds is 1. The number of aromatic nitrogens is 3. The van der Waals surface area contributed by atoms with E-state index in [1.807, 2.05) is 19.0 Å². The second kappa shape index (κ2) is 2.67. The van der Waals surface area contributed by atoms with Crippen LogP contribution in [0, 0.1) is 0 Å². The molecule has 62 valence electrons. The summed E-state index contributed by atoms with van der Waals surface area (Å²) in [6, 6.07) is 0. The van der Waals surface area contributed by atoms with Gasteiger partial charge in [0.15, 0.2) is 5.82 Å². The summed E-state index contributed by atoms with van der Waals surface area (Å²) in [5, 5.41) is 0. The molecule has 0 aliphatic heterocycles. The van der Waals surface area contributed by atoms with Gasteiger partial charge in [0.05, 0.1) is 4.70 Å². The Kier molecular flexibility index (Phi) is 1.65. The van der Waals surface area contributed by atoms with Crippen LogP contribution < -0.4 is 4.90 Å². The van der Waals surface area contributed by atoms with E-state index >= 15 is 0 Å². The lowest BCUT2D eigenvalue weighted by Gasteiger charge is -2.06. The third-order valence-electron chi connectivity index (χ3n) is 1.54. The van der Waals surface area contributed by atoms with E-state index in [0.717, 1.165) is 16.0 Å². The van der Waals surface area contributed by atoms with Crippen molar-refractivity contribution in [3.63, 3.8) is 0 Å². The van der Waals surface area contributed by atoms with E-state index in [9.17, 15) is 0 Å². The van der Waals surface area contributed by atoms with Crippen molar-refractivity contribution in [3.8, 4) is 0 Å². The lowest BCUT2D eigenvalue weighted by atomic mass is 10.4. The predicted molar refractivity (Wildman–Crippen MR) is 49.5 cm³/mol. The van der Waals surface area contributed by atoms with Gasteiger partial charge in [-0.2, -0.15) is 4.37 Å². The normalized spacial score (nSPS) is 10.5. The highest BCUT2D eigenvalue weighted by atomic mass is 32.1. The molecule has 5 heteroatoms. The fraction of sp³-hybridized carbons (Fsp3) is 0.286. The lowest BCUT2D eigenvalue weighted by molar-refractivity contribution is 1.10. The molecule has 0 bridgehead atoms. The quantitative estimate of drug-likeness (QED) is 0.660. The Bertz CT molecular complexity index is 395. The Balaban J connectivity index is 2.70. The van der Waals surface area contributed by atoms with Crippen molar-refractivity contribution in [1.29, 1.82) is 0 Å². The summed E-state index contributed by atoms with van der Waals surface area (Å²) < 4.78 is 5.29. The van der Waals surface area contributed by atoms with Gasteiger partial charge in [-0.25, -0.2) is 9.97 Å². The molecule has 0 atom stereocenters. The summed E-state index contributed by atoms with van der Waals surface area (Å²) in [5.74, 6) is 0.914. The largest absolute Gasteiger partial charge is 0.360 e. The maximum atomic E-state index is 4.26. The van der Waals surface area contributed by atoms with Crippen LogP contribution in [0.5, 0.6) is 0 Å². The van der Waals surface area contributed by atoms with Crippen molar-refractivity contribution in [2.45, 2.75) is 0 Å². The standard InChI is InChI=1S/C7H8N4S/c1-11(2)7-6-5(12-10-7)3-8-4-9-6/h3-4H,1-2H3. The zero-order chi connectivity index (χ0) is 8.55. The molecule has 0 radical (unpaired) electrons. The molecule has 0 aliphatic carbocycles. The molecule has 2 aromatic heterocycles. The summed E-state index contributed by atoms with van der Waals surface area (Å²) in [6.07, 6.45) is 3.33. The van der Waals surface area contributed by atoms with Crippen LogP contribution in [0.3, 0.4) is 0 Å². The molecule has 0 fully saturated rings. The zero-order valence-corrected chi connectivity index (χ0v) is 7.67. The lowest BCUT2D eigenvalue weighted by Crippen LogP contribution is -2.09. The van der Waals surface area contributed by atoms with Gasteiger partial charge in [-0.1, -0.05) is 0 Å². The Morgan fingerprint density at radius 2 is 2.25 bits per heavy atom. The minimum absolute atomic E-state index is 0.914. The molecule has 4 nitrogen and oxygen atoms in total. The summed E-state index contributed by atoms with van der Waals surface area (Å²) >= 11 is 1.43. The number of fused-ring (bicyclic) bond motifs is 1. The van der Waals surface area contributed by atoms with Crippen LogP contribution in [-0.2, 0) is 0 Å². The Hall–Kier alpha value is -1.23. The first-order valence-corrected chi connectivity index (χ1v) is 4.29. The molecule has 2 heterocycles. The number of hydrogen-bond acceptors (Lipinski definition) is 5. The molecule has 0 saturated carbocycles. The number of anilines is 1. The summed E-state index contributed by atoms with van der Waals surface area (Å²) in [5.41, 5.74) is 0.931. The first-order valence-electron chi connectivity index (χ1n) is 3.52. The van der Waals surface area contributed by atoms with Crippen LogP contribution in [0.25, 0.3) is 10.2 Å². The number of nitrogens with zero attached hydrogens (tertiary/aromatic N) is 4. The summed E-state index contributed by atoms with van der Waals surface area (Å²) in [6.45, 7) is 0. The highest BCUT2D eigenvalue weighted by molar-refractivity contribution is 7.13. The van der Waals surface area contributed by atoms with Crippen LogP contribution in [0.4, 0.5) is 5.82 Å². The molecule has 0 spiro atoms. The monoisotopic (exact) mass is 180 g/mol. The molecule has 0 N–H and O–H groups in total. The third kappa shape index (κ3) is 1.02. The first kappa shape index (κ1) is 7.42. The van der Waals surface area contributed by atoms with Gasteiger partial charge >= 0.3 is 0 Å². The summed E-state index contributed by atoms with van der Waals surface area (Å²) in [4.78, 5) is 10.0. The van der Waals surface area contributed by atoms with Crippen LogP contribution in [-0.4, -0.2) is 28.4 Å². The molecule has 0 aromatic carbocycles. The molecular formula is C7H8N4S. The first-order chi connectivity index (χ1) is 5.79. The van der Waals surface area contributed by atoms with Crippen LogP contribution >= 0.6 is 11.5 Å². The van der Waals surface area contributed by atoms with Gasteiger partial charge in [-0.3, -0.25) is 0 Å². The minimum atomic E-state index is 0.914. The number of hydrogen-bond donors (Lipinski definition) is 0. The third-order valence-corrected chi connectivity index (χ3v) is 2.30. The average molecular weight is 180 g/mol. The van der Waals surface area contributed by atoms with Crippen molar-refractivity contribution < 1.29 is 0 Å². The van der Waals surface area contributed by atoms with Crippen molar-refractivity contribution >= 4 is 27.6 Å². The van der Waals surface area contributed by atoms with E-state index in [4.69, 9.17) is 0 Å². The van der Waals surface area contributed by atoms with Crippen molar-refractivity contribution in [2.75, 3.05) is 19.0 Å². The van der Waals surface area contributed by atoms with E-state index in [1.54, 1.807) is 12.5 Å². The van der Waals surface area contributed by atoms with E-state index in [-0.39, 0.29) is 0 Å². The molecule has 0 amide bonds. The van der Waals surface area contributed by atoms with Crippen molar-refractivity contribution in [3.05, 3.63) is 12.5 Å². The molecule has 0 saturated heterocycles. The predicted octanol–water partition coefficient (Wildman–Crippen LogP) is 1.15. The molecule has 2 aromatic rings. The van der Waals surface area contributed by atoms with E-state index in [2.05, 4.69) is 14.3 Å². The average Bonchev–Trinajstić information content (AvgIpc) is 2.47. The van der Waals surface area contributed by atoms with Crippen LogP contribution in [0.2, 0.25) is 0 Å².